The summed E-state index contributed by atoms with van der Waals surface area (Å²) >= 11 is 1.44. The van der Waals surface area contributed by atoms with E-state index in [1.165, 1.54) is 11.8 Å². The summed E-state index contributed by atoms with van der Waals surface area (Å²) in [6, 6.07) is 3.55. The largest absolute Gasteiger partial charge is 0.459 e. The number of hydrogen-bond donors (Lipinski definition) is 0. The fourth-order valence-corrected chi connectivity index (χ4v) is 1.39. The van der Waals surface area contributed by atoms with Crippen molar-refractivity contribution in [1.29, 1.82) is 0 Å². The van der Waals surface area contributed by atoms with Crippen LogP contribution >= 0.6 is 11.8 Å². The third-order valence-corrected chi connectivity index (χ3v) is 2.28. The van der Waals surface area contributed by atoms with Crippen molar-refractivity contribution in [2.45, 2.75) is 5.22 Å². The summed E-state index contributed by atoms with van der Waals surface area (Å²) in [5.74, 6) is 1.74. The molecule has 2 heterocycles. The van der Waals surface area contributed by atoms with Crippen LogP contribution in [0.3, 0.4) is 0 Å². The Bertz CT molecular complexity index is 408. The molecule has 0 N–H and O–H groups in total. The number of furan rings is 1. The number of nitrogens with zero attached hydrogens (tertiary/aromatic N) is 2. The molecule has 0 aliphatic heterocycles. The zero-order valence-electron chi connectivity index (χ0n) is 7.34. The monoisotopic (exact) mass is 208 g/mol. The lowest BCUT2D eigenvalue weighted by molar-refractivity contribution is 0.447. The molecular formula is C9H8N2O2S. The number of hydrogen-bond acceptors (Lipinski definition) is 5. The van der Waals surface area contributed by atoms with Crippen LogP contribution in [0.2, 0.25) is 0 Å². The molecule has 0 saturated carbocycles. The molecule has 0 aromatic carbocycles. The number of rotatable bonds is 4. The quantitative estimate of drug-likeness (QED) is 0.571. The van der Waals surface area contributed by atoms with E-state index in [-0.39, 0.29) is 0 Å². The lowest BCUT2D eigenvalue weighted by Gasteiger charge is -1.87. The van der Waals surface area contributed by atoms with Crippen molar-refractivity contribution < 1.29 is 8.83 Å². The molecule has 5 heteroatoms. The molecule has 14 heavy (non-hydrogen) atoms. The lowest BCUT2D eigenvalue weighted by atomic mass is 10.5. The Morgan fingerprint density at radius 1 is 1.50 bits per heavy atom. The van der Waals surface area contributed by atoms with Crippen molar-refractivity contribution in [2.24, 2.45) is 0 Å². The van der Waals surface area contributed by atoms with E-state index in [1.54, 1.807) is 24.5 Å². The topological polar surface area (TPSA) is 52.1 Å². The summed E-state index contributed by atoms with van der Waals surface area (Å²) in [7, 11) is 0. The van der Waals surface area contributed by atoms with Gasteiger partial charge in [-0.05, 0) is 12.1 Å². The van der Waals surface area contributed by atoms with Gasteiger partial charge in [-0.3, -0.25) is 0 Å². The van der Waals surface area contributed by atoms with Crippen molar-refractivity contribution >= 4 is 11.8 Å². The Labute approximate surface area is 85.0 Å². The zero-order chi connectivity index (χ0) is 9.80. The summed E-state index contributed by atoms with van der Waals surface area (Å²) in [5.41, 5.74) is 0. The molecular weight excluding hydrogens is 200 g/mol. The first-order valence-corrected chi connectivity index (χ1v) is 5.00. The summed E-state index contributed by atoms with van der Waals surface area (Å²) in [5, 5.41) is 8.22. The van der Waals surface area contributed by atoms with Crippen molar-refractivity contribution in [3.8, 4) is 11.7 Å². The van der Waals surface area contributed by atoms with Gasteiger partial charge in [0.1, 0.15) is 0 Å². The minimum atomic E-state index is 0.404. The van der Waals surface area contributed by atoms with Crippen LogP contribution in [-0.4, -0.2) is 16.0 Å². The highest BCUT2D eigenvalue weighted by molar-refractivity contribution is 7.99. The van der Waals surface area contributed by atoms with Crippen LogP contribution in [0.5, 0.6) is 0 Å². The van der Waals surface area contributed by atoms with Crippen LogP contribution in [0.1, 0.15) is 0 Å². The van der Waals surface area contributed by atoms with Crippen LogP contribution in [0.25, 0.3) is 11.7 Å². The van der Waals surface area contributed by atoms with Gasteiger partial charge in [0.25, 0.3) is 11.1 Å². The third kappa shape index (κ3) is 1.88. The Morgan fingerprint density at radius 3 is 3.14 bits per heavy atom. The predicted octanol–water partition coefficient (Wildman–Crippen LogP) is 2.61. The number of thioether (sulfide) groups is 1. The Balaban J connectivity index is 2.14. The third-order valence-electron chi connectivity index (χ3n) is 1.46. The predicted molar refractivity (Wildman–Crippen MR) is 52.9 cm³/mol. The van der Waals surface area contributed by atoms with Gasteiger partial charge in [0.2, 0.25) is 0 Å². The SMILES string of the molecule is C=CCSc1nnc(-c2ccco2)o1. The van der Waals surface area contributed by atoms with Gasteiger partial charge in [-0.1, -0.05) is 17.8 Å². The second-order valence-corrected chi connectivity index (χ2v) is 3.42. The smallest absolute Gasteiger partial charge is 0.284 e. The van der Waals surface area contributed by atoms with Crippen LogP contribution in [0.15, 0.2) is 45.1 Å². The first-order valence-electron chi connectivity index (χ1n) is 4.01. The molecule has 0 aliphatic rings. The minimum absolute atomic E-state index is 0.404. The maximum Gasteiger partial charge on any atom is 0.284 e. The number of aromatic nitrogens is 2. The summed E-state index contributed by atoms with van der Waals surface area (Å²) in [6.07, 6.45) is 3.34. The molecule has 0 saturated heterocycles. The van der Waals surface area contributed by atoms with Gasteiger partial charge < -0.3 is 8.83 Å². The van der Waals surface area contributed by atoms with Gasteiger partial charge in [-0.15, -0.1) is 16.8 Å². The van der Waals surface area contributed by atoms with E-state index in [0.29, 0.717) is 16.9 Å². The van der Waals surface area contributed by atoms with Gasteiger partial charge in [-0.25, -0.2) is 0 Å². The molecule has 0 unspecified atom stereocenters. The van der Waals surface area contributed by atoms with Crippen LogP contribution in [0.4, 0.5) is 0 Å². The zero-order valence-corrected chi connectivity index (χ0v) is 8.16. The normalized spacial score (nSPS) is 10.3. The second kappa shape index (κ2) is 4.15. The Hall–Kier alpha value is -1.49. The summed E-state index contributed by atoms with van der Waals surface area (Å²) in [6.45, 7) is 3.60. The lowest BCUT2D eigenvalue weighted by Crippen LogP contribution is -1.73. The van der Waals surface area contributed by atoms with Crippen LogP contribution < -0.4 is 0 Å². The molecule has 4 nitrogen and oxygen atoms in total. The maximum absolute atomic E-state index is 5.33. The van der Waals surface area contributed by atoms with Gasteiger partial charge in [-0.2, -0.15) is 0 Å². The van der Waals surface area contributed by atoms with E-state index < -0.39 is 0 Å². The van der Waals surface area contributed by atoms with Crippen molar-refractivity contribution in [1.82, 2.24) is 10.2 Å². The first-order chi connectivity index (χ1) is 6.90. The molecule has 0 aliphatic carbocycles. The van der Waals surface area contributed by atoms with Gasteiger partial charge in [0, 0.05) is 5.75 Å². The van der Waals surface area contributed by atoms with E-state index in [9.17, 15) is 0 Å². The van der Waals surface area contributed by atoms with E-state index in [4.69, 9.17) is 8.83 Å². The summed E-state index contributed by atoms with van der Waals surface area (Å²) < 4.78 is 10.4. The molecule has 2 aromatic heterocycles. The van der Waals surface area contributed by atoms with Crippen molar-refractivity contribution in [3.63, 3.8) is 0 Å². The Morgan fingerprint density at radius 2 is 2.43 bits per heavy atom. The molecule has 72 valence electrons. The molecule has 0 fully saturated rings. The average molecular weight is 208 g/mol. The second-order valence-electron chi connectivity index (χ2n) is 2.45. The Kier molecular flexibility index (Phi) is 2.69. The average Bonchev–Trinajstić information content (AvgIpc) is 2.85. The van der Waals surface area contributed by atoms with E-state index in [0.717, 1.165) is 5.75 Å². The molecule has 0 spiro atoms. The van der Waals surface area contributed by atoms with E-state index in [1.807, 2.05) is 0 Å². The highest BCUT2D eigenvalue weighted by Gasteiger charge is 2.09. The van der Waals surface area contributed by atoms with E-state index >= 15 is 0 Å². The minimum Gasteiger partial charge on any atom is -0.459 e. The van der Waals surface area contributed by atoms with Crippen LogP contribution in [0, 0.1) is 0 Å². The first kappa shape index (κ1) is 9.08. The fraction of sp³-hybridized carbons (Fsp3) is 0.111. The molecule has 2 rings (SSSR count). The van der Waals surface area contributed by atoms with Crippen molar-refractivity contribution in [2.75, 3.05) is 5.75 Å². The molecule has 2 aromatic rings. The highest BCUT2D eigenvalue weighted by Crippen LogP contribution is 2.22. The van der Waals surface area contributed by atoms with Crippen molar-refractivity contribution in [3.05, 3.63) is 31.1 Å². The maximum atomic E-state index is 5.33. The standard InChI is InChI=1S/C9H8N2O2S/c1-2-6-14-9-11-10-8(13-9)7-4-3-5-12-7/h2-5H,1,6H2. The highest BCUT2D eigenvalue weighted by atomic mass is 32.2. The summed E-state index contributed by atoms with van der Waals surface area (Å²) in [4.78, 5) is 0. The molecule has 0 atom stereocenters. The van der Waals surface area contributed by atoms with Gasteiger partial charge in [0.15, 0.2) is 5.76 Å². The van der Waals surface area contributed by atoms with Gasteiger partial charge in [0.05, 0.1) is 6.26 Å². The van der Waals surface area contributed by atoms with Gasteiger partial charge >= 0.3 is 0 Å². The molecule has 0 radical (unpaired) electrons. The fourth-order valence-electron chi connectivity index (χ4n) is 0.898. The molecule has 0 bridgehead atoms. The molecule has 0 amide bonds. The van der Waals surface area contributed by atoms with E-state index in [2.05, 4.69) is 16.8 Å². The van der Waals surface area contributed by atoms with Crippen LogP contribution in [-0.2, 0) is 0 Å².